The lowest BCUT2D eigenvalue weighted by molar-refractivity contribution is -0.136. The highest BCUT2D eigenvalue weighted by molar-refractivity contribution is 6.05. The number of aromatic nitrogens is 5. The van der Waals surface area contributed by atoms with Crippen molar-refractivity contribution in [3.05, 3.63) is 59.4 Å². The zero-order valence-electron chi connectivity index (χ0n) is 19.4. The average Bonchev–Trinajstić information content (AvgIpc) is 3.62. The van der Waals surface area contributed by atoms with Gasteiger partial charge in [-0.1, -0.05) is 11.3 Å². The Bertz CT molecular complexity index is 1390. The topological polar surface area (TPSA) is 144 Å². The maximum Gasteiger partial charge on any atom is 0.273 e. The molecule has 2 N–H and O–H groups in total. The Morgan fingerprint density at radius 1 is 1.17 bits per heavy atom. The van der Waals surface area contributed by atoms with Crippen LogP contribution in [0.5, 0.6) is 0 Å². The van der Waals surface area contributed by atoms with Gasteiger partial charge in [-0.3, -0.25) is 24.5 Å². The van der Waals surface area contributed by atoms with E-state index < -0.39 is 11.9 Å². The third kappa shape index (κ3) is 3.84. The number of piperidine rings is 1. The molecule has 0 bridgehead atoms. The van der Waals surface area contributed by atoms with Gasteiger partial charge in [0.05, 0.1) is 17.9 Å². The van der Waals surface area contributed by atoms with Gasteiger partial charge in [0.2, 0.25) is 11.8 Å². The maximum atomic E-state index is 13.1. The normalized spacial score (nSPS) is 21.2. The van der Waals surface area contributed by atoms with Crippen molar-refractivity contribution in [2.75, 3.05) is 6.54 Å². The zero-order chi connectivity index (χ0) is 24.8. The Morgan fingerprint density at radius 3 is 2.92 bits per heavy atom. The number of fused-ring (bicyclic) bond motifs is 2. The van der Waals surface area contributed by atoms with E-state index in [0.717, 1.165) is 30.7 Å². The summed E-state index contributed by atoms with van der Waals surface area (Å²) in [7, 11) is 0. The molecule has 3 aromatic rings. The summed E-state index contributed by atoms with van der Waals surface area (Å²) in [6, 6.07) is 4.77. The molecular formula is C24H24N8O4. The van der Waals surface area contributed by atoms with Gasteiger partial charge >= 0.3 is 0 Å². The number of aryl methyl sites for hydroxylation is 1. The fraction of sp³-hybridized carbons (Fsp3) is 0.375. The van der Waals surface area contributed by atoms with E-state index in [2.05, 4.69) is 30.5 Å². The number of hydrogen-bond donors (Lipinski definition) is 2. The van der Waals surface area contributed by atoms with Crippen molar-refractivity contribution in [2.24, 2.45) is 0 Å². The number of nitrogens with one attached hydrogen (secondary N) is 2. The van der Waals surface area contributed by atoms with Crippen LogP contribution in [0, 0.1) is 0 Å². The Kier molecular flexibility index (Phi) is 5.35. The third-order valence-corrected chi connectivity index (χ3v) is 7.08. The summed E-state index contributed by atoms with van der Waals surface area (Å²) >= 11 is 0. The molecule has 2 unspecified atom stereocenters. The molecule has 5 heterocycles. The number of imidazole rings is 1. The molecule has 6 rings (SSSR count). The SMILES string of the molecule is O=C1CCC(N2Cc3ccc(-n4cc(C(=O)NCC5CCCc6nccn65)nn4)cc3C2=O)C(=O)N1. The minimum atomic E-state index is -0.671. The Hall–Kier alpha value is -4.35. The number of hydrogen-bond acceptors (Lipinski definition) is 7. The molecular weight excluding hydrogens is 464 g/mol. The molecule has 0 aliphatic carbocycles. The molecule has 3 aliphatic rings. The lowest BCUT2D eigenvalue weighted by Crippen LogP contribution is -2.52. The zero-order valence-corrected chi connectivity index (χ0v) is 19.4. The summed E-state index contributed by atoms with van der Waals surface area (Å²) in [5, 5.41) is 13.3. The molecule has 12 nitrogen and oxygen atoms in total. The Labute approximate surface area is 205 Å². The highest BCUT2D eigenvalue weighted by atomic mass is 16.2. The minimum absolute atomic E-state index is 0.158. The predicted molar refractivity (Wildman–Crippen MR) is 124 cm³/mol. The van der Waals surface area contributed by atoms with E-state index in [1.807, 2.05) is 12.3 Å². The number of imide groups is 1. The maximum absolute atomic E-state index is 13.1. The number of carbonyl (C=O) groups is 4. The van der Waals surface area contributed by atoms with Crippen molar-refractivity contribution in [1.29, 1.82) is 0 Å². The smallest absolute Gasteiger partial charge is 0.273 e. The van der Waals surface area contributed by atoms with Gasteiger partial charge in [0, 0.05) is 43.9 Å². The molecule has 2 aromatic heterocycles. The number of rotatable bonds is 5. The number of carbonyl (C=O) groups excluding carboxylic acids is 4. The van der Waals surface area contributed by atoms with Crippen LogP contribution in [0.15, 0.2) is 36.8 Å². The second-order valence-electron chi connectivity index (χ2n) is 9.30. The summed E-state index contributed by atoms with van der Waals surface area (Å²) in [4.78, 5) is 55.4. The molecule has 12 heteroatoms. The fourth-order valence-corrected chi connectivity index (χ4v) is 5.19. The van der Waals surface area contributed by atoms with Gasteiger partial charge in [0.15, 0.2) is 5.69 Å². The van der Waals surface area contributed by atoms with Crippen LogP contribution in [0.25, 0.3) is 5.69 Å². The van der Waals surface area contributed by atoms with Crippen LogP contribution in [0.1, 0.15) is 64.0 Å². The third-order valence-electron chi connectivity index (χ3n) is 7.08. The van der Waals surface area contributed by atoms with Gasteiger partial charge in [0.25, 0.3) is 11.8 Å². The van der Waals surface area contributed by atoms with Crippen LogP contribution < -0.4 is 10.6 Å². The van der Waals surface area contributed by atoms with Crippen molar-refractivity contribution < 1.29 is 19.2 Å². The minimum Gasteiger partial charge on any atom is -0.349 e. The highest BCUT2D eigenvalue weighted by Gasteiger charge is 2.39. The predicted octanol–water partition coefficient (Wildman–Crippen LogP) is 0.532. The molecule has 36 heavy (non-hydrogen) atoms. The first kappa shape index (κ1) is 22.1. The van der Waals surface area contributed by atoms with Crippen molar-refractivity contribution >= 4 is 23.6 Å². The van der Waals surface area contributed by atoms with Crippen molar-refractivity contribution in [3.8, 4) is 5.69 Å². The van der Waals surface area contributed by atoms with E-state index in [1.165, 1.54) is 15.8 Å². The van der Waals surface area contributed by atoms with E-state index in [9.17, 15) is 19.2 Å². The molecule has 1 saturated heterocycles. The Morgan fingerprint density at radius 2 is 2.06 bits per heavy atom. The molecule has 184 valence electrons. The molecule has 0 spiro atoms. The van der Waals surface area contributed by atoms with Crippen molar-refractivity contribution in [3.63, 3.8) is 0 Å². The van der Waals surface area contributed by atoms with Gasteiger partial charge in [-0.05, 0) is 37.0 Å². The molecule has 2 atom stereocenters. The van der Waals surface area contributed by atoms with Crippen LogP contribution in [0.3, 0.4) is 0 Å². The molecule has 1 aromatic carbocycles. The van der Waals surface area contributed by atoms with Crippen LogP contribution in [-0.2, 0) is 22.6 Å². The van der Waals surface area contributed by atoms with E-state index >= 15 is 0 Å². The summed E-state index contributed by atoms with van der Waals surface area (Å²) < 4.78 is 3.56. The molecule has 3 aliphatic heterocycles. The summed E-state index contributed by atoms with van der Waals surface area (Å²) in [6.45, 7) is 0.768. The first-order chi connectivity index (χ1) is 17.5. The molecule has 0 radical (unpaired) electrons. The van der Waals surface area contributed by atoms with Crippen LogP contribution >= 0.6 is 0 Å². The lowest BCUT2D eigenvalue weighted by atomic mass is 10.0. The van der Waals surface area contributed by atoms with Crippen molar-refractivity contribution in [1.82, 2.24) is 40.1 Å². The van der Waals surface area contributed by atoms with E-state index in [1.54, 1.807) is 18.3 Å². The van der Waals surface area contributed by atoms with Gasteiger partial charge in [-0.2, -0.15) is 0 Å². The quantitative estimate of drug-likeness (QED) is 0.499. The van der Waals surface area contributed by atoms with E-state index in [4.69, 9.17) is 0 Å². The molecule has 1 fully saturated rings. The number of amides is 4. The average molecular weight is 489 g/mol. The standard InChI is InChI=1S/C24H24N8O4/c33-21-7-6-19(23(35)27-21)31-12-14-4-5-15(10-17(14)24(31)36)32-13-18(28-29-32)22(34)26-11-16-2-1-3-20-25-8-9-30(16)20/h4-5,8-10,13,16,19H,1-3,6-7,11-12H2,(H,26,34)(H,27,33,35). The first-order valence-corrected chi connectivity index (χ1v) is 12.0. The van der Waals surface area contributed by atoms with Crippen molar-refractivity contribution in [2.45, 2.75) is 50.7 Å². The summed E-state index contributed by atoms with van der Waals surface area (Å²) in [5.41, 5.74) is 2.01. The number of nitrogens with zero attached hydrogens (tertiary/aromatic N) is 6. The second-order valence-corrected chi connectivity index (χ2v) is 9.30. The van der Waals surface area contributed by atoms with Crippen LogP contribution in [-0.4, -0.2) is 65.7 Å². The second kappa shape index (κ2) is 8.70. The van der Waals surface area contributed by atoms with Gasteiger partial charge in [-0.15, -0.1) is 5.10 Å². The van der Waals surface area contributed by atoms with E-state index in [-0.39, 0.29) is 35.9 Å². The Balaban J connectivity index is 1.14. The monoisotopic (exact) mass is 488 g/mol. The molecule has 4 amide bonds. The van der Waals surface area contributed by atoms with Gasteiger partial charge in [0.1, 0.15) is 11.9 Å². The van der Waals surface area contributed by atoms with Gasteiger partial charge in [-0.25, -0.2) is 9.67 Å². The largest absolute Gasteiger partial charge is 0.349 e. The van der Waals surface area contributed by atoms with Gasteiger partial charge < -0.3 is 14.8 Å². The lowest BCUT2D eigenvalue weighted by Gasteiger charge is -2.29. The van der Waals surface area contributed by atoms with Crippen LogP contribution in [0.2, 0.25) is 0 Å². The summed E-state index contributed by atoms with van der Waals surface area (Å²) in [6.07, 6.45) is 8.71. The van der Waals surface area contributed by atoms with Crippen LogP contribution in [0.4, 0.5) is 0 Å². The molecule has 0 saturated carbocycles. The number of benzene rings is 1. The first-order valence-electron chi connectivity index (χ1n) is 12.0. The fourth-order valence-electron chi connectivity index (χ4n) is 5.19. The highest BCUT2D eigenvalue weighted by Crippen LogP contribution is 2.29. The summed E-state index contributed by atoms with van der Waals surface area (Å²) in [5.74, 6) is -0.328. The van der Waals surface area contributed by atoms with E-state index in [0.29, 0.717) is 30.8 Å².